The van der Waals surface area contributed by atoms with Crippen LogP contribution in [0.15, 0.2) is 24.3 Å². The van der Waals surface area contributed by atoms with Crippen LogP contribution in [0.5, 0.6) is 0 Å². The van der Waals surface area contributed by atoms with Gasteiger partial charge in [-0.2, -0.15) is 0 Å². The highest BCUT2D eigenvalue weighted by molar-refractivity contribution is 5.95. The van der Waals surface area contributed by atoms with Gasteiger partial charge in [-0.25, -0.2) is 9.59 Å². The van der Waals surface area contributed by atoms with E-state index in [-0.39, 0.29) is 11.1 Å². The molecule has 0 spiro atoms. The molecule has 2 N–H and O–H groups in total. The molecule has 0 radical (unpaired) electrons. The van der Waals surface area contributed by atoms with E-state index in [4.69, 9.17) is 9.47 Å². The Morgan fingerprint density at radius 1 is 1.00 bits per heavy atom. The van der Waals surface area contributed by atoms with Crippen LogP contribution in [-0.2, 0) is 9.47 Å². The van der Waals surface area contributed by atoms with Gasteiger partial charge < -0.3 is 19.7 Å². The highest BCUT2D eigenvalue weighted by Gasteiger charge is 2.32. The number of carbonyl (C=O) groups is 2. The number of benzene rings is 1. The molecule has 0 aliphatic rings. The van der Waals surface area contributed by atoms with Crippen molar-refractivity contribution in [2.75, 3.05) is 0 Å². The van der Waals surface area contributed by atoms with E-state index in [0.717, 1.165) is 12.8 Å². The zero-order valence-electron chi connectivity index (χ0n) is 17.8. The van der Waals surface area contributed by atoms with Crippen LogP contribution in [0, 0.1) is 0 Å². The maximum absolute atomic E-state index is 12.5. The summed E-state index contributed by atoms with van der Waals surface area (Å²) in [6.45, 7) is 10.4. The number of esters is 2. The maximum atomic E-state index is 12.5. The molecule has 0 saturated heterocycles. The predicted molar refractivity (Wildman–Crippen MR) is 107 cm³/mol. The van der Waals surface area contributed by atoms with Gasteiger partial charge in [0.2, 0.25) is 0 Å². The van der Waals surface area contributed by atoms with Gasteiger partial charge in [0, 0.05) is 0 Å². The molecule has 2 atom stereocenters. The van der Waals surface area contributed by atoms with Crippen molar-refractivity contribution in [2.24, 2.45) is 0 Å². The SMILES string of the molecule is CCCC(OC(=O)c1cccc(C(=O)OC(C)(C)C(O)CCC)c1)C(C)(C)O. The Bertz CT molecular complexity index is 659. The normalized spacial score (nSPS) is 14.3. The zero-order chi connectivity index (χ0) is 21.5. The van der Waals surface area contributed by atoms with E-state index in [1.807, 2.05) is 13.8 Å². The number of rotatable bonds is 10. The molecule has 1 rings (SSSR count). The van der Waals surface area contributed by atoms with Gasteiger partial charge in [0.05, 0.1) is 22.8 Å². The molecule has 0 aliphatic carbocycles. The lowest BCUT2D eigenvalue weighted by atomic mass is 9.97. The molecule has 0 bridgehead atoms. The molecule has 0 aromatic heterocycles. The van der Waals surface area contributed by atoms with Crippen molar-refractivity contribution in [3.63, 3.8) is 0 Å². The van der Waals surface area contributed by atoms with Gasteiger partial charge in [0.25, 0.3) is 0 Å². The van der Waals surface area contributed by atoms with Crippen LogP contribution in [0.1, 0.15) is 87.9 Å². The second-order valence-corrected chi connectivity index (χ2v) is 8.21. The van der Waals surface area contributed by atoms with E-state index in [1.54, 1.807) is 45.9 Å². The van der Waals surface area contributed by atoms with Gasteiger partial charge in [0.1, 0.15) is 11.7 Å². The van der Waals surface area contributed by atoms with Crippen molar-refractivity contribution >= 4 is 11.9 Å². The first kappa shape index (κ1) is 24.1. The van der Waals surface area contributed by atoms with Crippen LogP contribution in [0.4, 0.5) is 0 Å². The minimum atomic E-state index is -1.17. The molecule has 6 nitrogen and oxygen atoms in total. The summed E-state index contributed by atoms with van der Waals surface area (Å²) < 4.78 is 10.9. The summed E-state index contributed by atoms with van der Waals surface area (Å²) in [7, 11) is 0. The van der Waals surface area contributed by atoms with Crippen LogP contribution in [-0.4, -0.2) is 45.6 Å². The maximum Gasteiger partial charge on any atom is 0.338 e. The number of carbonyl (C=O) groups excluding carboxylic acids is 2. The fourth-order valence-corrected chi connectivity index (χ4v) is 2.78. The van der Waals surface area contributed by atoms with Gasteiger partial charge in [-0.1, -0.05) is 32.8 Å². The third kappa shape index (κ3) is 6.91. The van der Waals surface area contributed by atoms with Crippen LogP contribution in [0.3, 0.4) is 0 Å². The molecule has 1 aromatic carbocycles. The van der Waals surface area contributed by atoms with Crippen LogP contribution in [0.25, 0.3) is 0 Å². The highest BCUT2D eigenvalue weighted by atomic mass is 16.6. The number of aliphatic hydroxyl groups excluding tert-OH is 1. The molecule has 0 heterocycles. The molecule has 0 amide bonds. The quantitative estimate of drug-likeness (QED) is 0.585. The summed E-state index contributed by atoms with van der Waals surface area (Å²) in [5, 5.41) is 20.4. The average Bonchev–Trinajstić information content (AvgIpc) is 2.60. The lowest BCUT2D eigenvalue weighted by molar-refractivity contribution is -0.0713. The van der Waals surface area contributed by atoms with E-state index in [1.165, 1.54) is 6.07 Å². The van der Waals surface area contributed by atoms with Gasteiger partial charge in [-0.15, -0.1) is 0 Å². The average molecular weight is 395 g/mol. The Balaban J connectivity index is 2.93. The molecule has 0 saturated carbocycles. The van der Waals surface area contributed by atoms with E-state index in [0.29, 0.717) is 12.8 Å². The van der Waals surface area contributed by atoms with Gasteiger partial charge in [-0.3, -0.25) is 0 Å². The van der Waals surface area contributed by atoms with Gasteiger partial charge in [0.15, 0.2) is 0 Å². The Morgan fingerprint density at radius 3 is 2.04 bits per heavy atom. The standard InChI is InChI=1S/C22H34O6/c1-7-10-17(23)22(5,6)28-20(25)16-13-9-12-15(14-16)19(24)27-18(11-8-2)21(3,4)26/h9,12-14,17-18,23,26H,7-8,10-11H2,1-6H3. The number of hydrogen-bond acceptors (Lipinski definition) is 6. The van der Waals surface area contributed by atoms with Crippen LogP contribution in [0.2, 0.25) is 0 Å². The fraction of sp³-hybridized carbons (Fsp3) is 0.636. The fourth-order valence-electron chi connectivity index (χ4n) is 2.78. The first-order valence-electron chi connectivity index (χ1n) is 9.87. The Morgan fingerprint density at radius 2 is 1.54 bits per heavy atom. The van der Waals surface area contributed by atoms with Crippen molar-refractivity contribution in [3.05, 3.63) is 35.4 Å². The molecular weight excluding hydrogens is 360 g/mol. The minimum absolute atomic E-state index is 0.196. The minimum Gasteiger partial charge on any atom is -0.456 e. The molecule has 6 heteroatoms. The molecule has 0 fully saturated rings. The number of ether oxygens (including phenoxy) is 2. The lowest BCUT2D eigenvalue weighted by Gasteiger charge is -2.30. The van der Waals surface area contributed by atoms with E-state index < -0.39 is 35.3 Å². The smallest absolute Gasteiger partial charge is 0.338 e. The number of aliphatic hydroxyl groups is 2. The van der Waals surface area contributed by atoms with Crippen molar-refractivity contribution in [2.45, 2.75) is 90.6 Å². The molecule has 1 aromatic rings. The second kappa shape index (κ2) is 10.0. The first-order chi connectivity index (χ1) is 12.9. The predicted octanol–water partition coefficient (Wildman–Crippen LogP) is 3.88. The first-order valence-corrected chi connectivity index (χ1v) is 9.87. The molecule has 158 valence electrons. The third-order valence-electron chi connectivity index (χ3n) is 4.64. The van der Waals surface area contributed by atoms with Crippen molar-refractivity contribution < 1.29 is 29.3 Å². The summed E-state index contributed by atoms with van der Waals surface area (Å²) in [6.07, 6.45) is 1.13. The third-order valence-corrected chi connectivity index (χ3v) is 4.64. The van der Waals surface area contributed by atoms with E-state index >= 15 is 0 Å². The van der Waals surface area contributed by atoms with Crippen LogP contribution >= 0.6 is 0 Å². The lowest BCUT2D eigenvalue weighted by Crippen LogP contribution is -2.41. The van der Waals surface area contributed by atoms with Crippen molar-refractivity contribution in [1.29, 1.82) is 0 Å². The monoisotopic (exact) mass is 394 g/mol. The molecule has 0 aliphatic heterocycles. The van der Waals surface area contributed by atoms with E-state index in [2.05, 4.69) is 0 Å². The van der Waals surface area contributed by atoms with E-state index in [9.17, 15) is 19.8 Å². The summed E-state index contributed by atoms with van der Waals surface area (Å²) in [5.74, 6) is -1.23. The highest BCUT2D eigenvalue weighted by Crippen LogP contribution is 2.22. The zero-order valence-corrected chi connectivity index (χ0v) is 17.8. The Hall–Kier alpha value is -1.92. The summed E-state index contributed by atoms with van der Waals surface area (Å²) in [4.78, 5) is 25.0. The molecular formula is C22H34O6. The Labute approximate surface area is 167 Å². The number of hydrogen-bond donors (Lipinski definition) is 2. The van der Waals surface area contributed by atoms with Crippen molar-refractivity contribution in [1.82, 2.24) is 0 Å². The van der Waals surface area contributed by atoms with Crippen LogP contribution < -0.4 is 0 Å². The van der Waals surface area contributed by atoms with Gasteiger partial charge in [-0.05, 0) is 58.7 Å². The second-order valence-electron chi connectivity index (χ2n) is 8.21. The Kier molecular flexibility index (Phi) is 8.64. The van der Waals surface area contributed by atoms with Gasteiger partial charge >= 0.3 is 11.9 Å². The molecule has 2 unspecified atom stereocenters. The summed E-state index contributed by atoms with van der Waals surface area (Å²) >= 11 is 0. The molecule has 28 heavy (non-hydrogen) atoms. The summed E-state index contributed by atoms with van der Waals surface area (Å²) in [5.41, 5.74) is -1.81. The van der Waals surface area contributed by atoms with Crippen molar-refractivity contribution in [3.8, 4) is 0 Å². The topological polar surface area (TPSA) is 93.1 Å². The summed E-state index contributed by atoms with van der Waals surface area (Å²) in [6, 6.07) is 6.06. The largest absolute Gasteiger partial charge is 0.456 e.